The zero-order chi connectivity index (χ0) is 14.4. The van der Waals surface area contributed by atoms with Gasteiger partial charge in [-0.1, -0.05) is 0 Å². The maximum atomic E-state index is 5.76. The van der Waals surface area contributed by atoms with E-state index in [1.54, 1.807) is 0 Å². The summed E-state index contributed by atoms with van der Waals surface area (Å²) in [6.07, 6.45) is 3.85. The number of nitrogens with zero attached hydrogens (tertiary/aromatic N) is 4. The quantitative estimate of drug-likeness (QED) is 0.759. The van der Waals surface area contributed by atoms with Gasteiger partial charge in [-0.2, -0.15) is 15.0 Å². The second kappa shape index (κ2) is 7.23. The van der Waals surface area contributed by atoms with Crippen LogP contribution in [-0.2, 0) is 4.74 Å². The molecule has 20 heavy (non-hydrogen) atoms. The normalized spacial score (nSPS) is 15.7. The second-order valence-electron chi connectivity index (χ2n) is 5.21. The highest BCUT2D eigenvalue weighted by molar-refractivity contribution is 5.42. The van der Waals surface area contributed by atoms with Crippen molar-refractivity contribution in [2.75, 3.05) is 42.2 Å². The number of aromatic nitrogens is 3. The van der Waals surface area contributed by atoms with Gasteiger partial charge in [-0.25, -0.2) is 0 Å². The van der Waals surface area contributed by atoms with Crippen LogP contribution in [0.1, 0.15) is 33.1 Å². The molecular weight excluding hydrogens is 256 g/mol. The molecule has 1 aliphatic heterocycles. The van der Waals surface area contributed by atoms with E-state index >= 15 is 0 Å². The zero-order valence-electron chi connectivity index (χ0n) is 12.3. The van der Waals surface area contributed by atoms with E-state index in [0.717, 1.165) is 13.1 Å². The smallest absolute Gasteiger partial charge is 0.231 e. The van der Waals surface area contributed by atoms with Crippen molar-refractivity contribution in [2.45, 2.75) is 39.2 Å². The van der Waals surface area contributed by atoms with E-state index in [9.17, 15) is 0 Å². The molecule has 1 saturated heterocycles. The molecule has 0 aromatic carbocycles. The third-order valence-corrected chi connectivity index (χ3v) is 3.12. The van der Waals surface area contributed by atoms with Crippen LogP contribution >= 0.6 is 0 Å². The monoisotopic (exact) mass is 280 g/mol. The predicted molar refractivity (Wildman–Crippen MR) is 79.9 cm³/mol. The lowest BCUT2D eigenvalue weighted by Crippen LogP contribution is -2.31. The summed E-state index contributed by atoms with van der Waals surface area (Å²) >= 11 is 0. The van der Waals surface area contributed by atoms with Crippen molar-refractivity contribution in [3.63, 3.8) is 0 Å². The predicted octanol–water partition coefficient (Wildman–Crippen LogP) is 1.28. The van der Waals surface area contributed by atoms with E-state index in [1.807, 2.05) is 13.8 Å². The number of nitrogens with one attached hydrogen (secondary N) is 1. The molecule has 0 radical (unpaired) electrons. The molecule has 2 rings (SSSR count). The summed E-state index contributed by atoms with van der Waals surface area (Å²) in [6.45, 7) is 7.26. The molecule has 112 valence electrons. The number of piperidine rings is 1. The van der Waals surface area contributed by atoms with Gasteiger partial charge in [-0.3, -0.25) is 0 Å². The Balaban J connectivity index is 1.93. The Labute approximate surface area is 119 Å². The maximum absolute atomic E-state index is 5.76. The number of rotatable bonds is 6. The van der Waals surface area contributed by atoms with Gasteiger partial charge in [-0.05, 0) is 33.1 Å². The van der Waals surface area contributed by atoms with Gasteiger partial charge in [0.2, 0.25) is 17.8 Å². The fourth-order valence-corrected chi connectivity index (χ4v) is 2.15. The Morgan fingerprint density at radius 2 is 1.95 bits per heavy atom. The van der Waals surface area contributed by atoms with Gasteiger partial charge in [0.05, 0.1) is 12.7 Å². The SMILES string of the molecule is CC(C)OCCNc1nc(N)nc(N2CCCCC2)n1. The summed E-state index contributed by atoms with van der Waals surface area (Å²) in [7, 11) is 0. The van der Waals surface area contributed by atoms with Crippen molar-refractivity contribution in [1.82, 2.24) is 15.0 Å². The summed E-state index contributed by atoms with van der Waals surface area (Å²) in [5.74, 6) is 1.45. The highest BCUT2D eigenvalue weighted by atomic mass is 16.5. The van der Waals surface area contributed by atoms with Crippen LogP contribution in [0.15, 0.2) is 0 Å². The Morgan fingerprint density at radius 3 is 2.65 bits per heavy atom. The summed E-state index contributed by atoms with van der Waals surface area (Å²) in [5.41, 5.74) is 5.76. The largest absolute Gasteiger partial charge is 0.377 e. The molecule has 0 unspecified atom stereocenters. The fourth-order valence-electron chi connectivity index (χ4n) is 2.15. The molecule has 0 aliphatic carbocycles. The van der Waals surface area contributed by atoms with Crippen LogP contribution < -0.4 is 16.0 Å². The number of nitrogen functional groups attached to an aromatic ring is 1. The molecule has 2 heterocycles. The van der Waals surface area contributed by atoms with Crippen LogP contribution in [0.3, 0.4) is 0 Å². The Kier molecular flexibility index (Phi) is 5.34. The van der Waals surface area contributed by atoms with Gasteiger partial charge in [0.1, 0.15) is 0 Å². The van der Waals surface area contributed by atoms with Gasteiger partial charge < -0.3 is 20.7 Å². The van der Waals surface area contributed by atoms with E-state index in [4.69, 9.17) is 10.5 Å². The molecule has 1 aromatic heterocycles. The van der Waals surface area contributed by atoms with Crippen LogP contribution in [-0.4, -0.2) is 47.3 Å². The summed E-state index contributed by atoms with van der Waals surface area (Å²) < 4.78 is 5.47. The first-order chi connectivity index (χ1) is 9.65. The standard InChI is InChI=1S/C13H24N6O/c1-10(2)20-9-6-15-12-16-11(14)17-13(18-12)19-7-4-3-5-8-19/h10H,3-9H2,1-2H3,(H3,14,15,16,17,18). The van der Waals surface area contributed by atoms with E-state index in [1.165, 1.54) is 19.3 Å². The first-order valence-corrected chi connectivity index (χ1v) is 7.27. The first kappa shape index (κ1) is 14.8. The third kappa shape index (κ3) is 4.48. The average molecular weight is 280 g/mol. The van der Waals surface area contributed by atoms with Gasteiger partial charge in [0.15, 0.2) is 0 Å². The highest BCUT2D eigenvalue weighted by Gasteiger charge is 2.15. The zero-order valence-corrected chi connectivity index (χ0v) is 12.3. The number of nitrogens with two attached hydrogens (primary N) is 1. The van der Waals surface area contributed by atoms with Gasteiger partial charge in [0, 0.05) is 19.6 Å². The summed E-state index contributed by atoms with van der Waals surface area (Å²) in [6, 6.07) is 0. The molecule has 0 atom stereocenters. The molecule has 1 aliphatic rings. The van der Waals surface area contributed by atoms with E-state index in [-0.39, 0.29) is 12.1 Å². The first-order valence-electron chi connectivity index (χ1n) is 7.27. The Hall–Kier alpha value is -1.63. The van der Waals surface area contributed by atoms with Crippen LogP contribution in [0.5, 0.6) is 0 Å². The van der Waals surface area contributed by atoms with Crippen LogP contribution in [0.25, 0.3) is 0 Å². The molecule has 0 spiro atoms. The molecule has 1 aromatic rings. The van der Waals surface area contributed by atoms with Gasteiger partial charge in [-0.15, -0.1) is 0 Å². The van der Waals surface area contributed by atoms with Crippen LogP contribution in [0, 0.1) is 0 Å². The molecule has 7 heteroatoms. The van der Waals surface area contributed by atoms with E-state index in [0.29, 0.717) is 25.0 Å². The number of hydrogen-bond donors (Lipinski definition) is 2. The molecule has 1 fully saturated rings. The molecule has 0 saturated carbocycles. The van der Waals surface area contributed by atoms with Gasteiger partial charge in [0.25, 0.3) is 0 Å². The van der Waals surface area contributed by atoms with Crippen molar-refractivity contribution >= 4 is 17.8 Å². The molecule has 0 bridgehead atoms. The lowest BCUT2D eigenvalue weighted by molar-refractivity contribution is 0.0870. The second-order valence-corrected chi connectivity index (χ2v) is 5.21. The summed E-state index contributed by atoms with van der Waals surface area (Å²) in [5, 5.41) is 3.13. The third-order valence-electron chi connectivity index (χ3n) is 3.12. The maximum Gasteiger partial charge on any atom is 0.231 e. The van der Waals surface area contributed by atoms with Crippen molar-refractivity contribution < 1.29 is 4.74 Å². The molecule has 7 nitrogen and oxygen atoms in total. The molecule has 3 N–H and O–H groups in total. The molecular formula is C13H24N6O. The van der Waals surface area contributed by atoms with Crippen molar-refractivity contribution in [3.05, 3.63) is 0 Å². The minimum absolute atomic E-state index is 0.226. The van der Waals surface area contributed by atoms with Gasteiger partial charge >= 0.3 is 0 Å². The van der Waals surface area contributed by atoms with E-state index < -0.39 is 0 Å². The Morgan fingerprint density at radius 1 is 1.20 bits per heavy atom. The van der Waals surface area contributed by atoms with Crippen LogP contribution in [0.4, 0.5) is 17.8 Å². The molecule has 0 amide bonds. The van der Waals surface area contributed by atoms with Crippen molar-refractivity contribution in [2.24, 2.45) is 0 Å². The lowest BCUT2D eigenvalue weighted by Gasteiger charge is -2.26. The van der Waals surface area contributed by atoms with Crippen molar-refractivity contribution in [1.29, 1.82) is 0 Å². The van der Waals surface area contributed by atoms with Crippen LogP contribution in [0.2, 0.25) is 0 Å². The highest BCUT2D eigenvalue weighted by Crippen LogP contribution is 2.17. The average Bonchev–Trinajstić information content (AvgIpc) is 2.44. The summed E-state index contributed by atoms with van der Waals surface area (Å²) in [4.78, 5) is 14.9. The number of ether oxygens (including phenoxy) is 1. The topological polar surface area (TPSA) is 89.2 Å². The lowest BCUT2D eigenvalue weighted by atomic mass is 10.1. The minimum Gasteiger partial charge on any atom is -0.377 e. The van der Waals surface area contributed by atoms with Crippen molar-refractivity contribution in [3.8, 4) is 0 Å². The fraction of sp³-hybridized carbons (Fsp3) is 0.769. The van der Waals surface area contributed by atoms with E-state index in [2.05, 4.69) is 25.2 Å². The number of hydrogen-bond acceptors (Lipinski definition) is 7. The minimum atomic E-state index is 0.226. The Bertz CT molecular complexity index is 419. The number of anilines is 3.